The number of carbonyl (C=O) groups is 2. The van der Waals surface area contributed by atoms with Crippen molar-refractivity contribution in [3.05, 3.63) is 29.8 Å². The van der Waals surface area contributed by atoms with Crippen LogP contribution in [0.4, 0.5) is 0 Å². The smallest absolute Gasteiger partial charge is 0.248 e. The average Bonchev–Trinajstić information content (AvgIpc) is 3.15. The fourth-order valence-corrected chi connectivity index (χ4v) is 4.57. The topological polar surface area (TPSA) is 58.2 Å². The molecule has 2 aliphatic rings. The van der Waals surface area contributed by atoms with Crippen LogP contribution < -0.4 is 10.9 Å². The fraction of sp³-hybridized carbons (Fsp3) is 0.556. The second kappa shape index (κ2) is 7.39. The minimum Gasteiger partial charge on any atom is -0.273 e. The number of hydrogen-bond donors (Lipinski definition) is 2. The first-order chi connectivity index (χ1) is 11.1. The maximum Gasteiger partial charge on any atom is 0.248 e. The lowest BCUT2D eigenvalue weighted by Crippen LogP contribution is -2.43. The Morgan fingerprint density at radius 3 is 2.48 bits per heavy atom. The number of rotatable bonds is 5. The Hall–Kier alpha value is -1.49. The summed E-state index contributed by atoms with van der Waals surface area (Å²) < 4.78 is 0. The summed E-state index contributed by atoms with van der Waals surface area (Å²) in [6.07, 6.45) is 5.66. The summed E-state index contributed by atoms with van der Waals surface area (Å²) >= 11 is 1.47. The number of carbonyl (C=O) groups excluding carboxylic acids is 2. The molecule has 0 radical (unpaired) electrons. The molecule has 2 bridgehead atoms. The third kappa shape index (κ3) is 4.50. The lowest BCUT2D eigenvalue weighted by atomic mass is 9.86. The number of amides is 2. The molecule has 0 saturated heterocycles. The molecule has 23 heavy (non-hydrogen) atoms. The van der Waals surface area contributed by atoms with Gasteiger partial charge in [0.1, 0.15) is 0 Å². The molecule has 124 valence electrons. The number of benzene rings is 1. The van der Waals surface area contributed by atoms with Crippen molar-refractivity contribution in [2.75, 3.05) is 5.75 Å². The highest BCUT2D eigenvalue weighted by Crippen LogP contribution is 2.49. The van der Waals surface area contributed by atoms with Gasteiger partial charge in [0.15, 0.2) is 0 Å². The summed E-state index contributed by atoms with van der Waals surface area (Å²) in [5.74, 6) is 2.18. The Kier molecular flexibility index (Phi) is 5.26. The van der Waals surface area contributed by atoms with E-state index in [1.54, 1.807) is 0 Å². The van der Waals surface area contributed by atoms with Crippen LogP contribution in [0.3, 0.4) is 0 Å². The predicted molar refractivity (Wildman–Crippen MR) is 91.7 cm³/mol. The van der Waals surface area contributed by atoms with E-state index in [0.29, 0.717) is 18.1 Å². The van der Waals surface area contributed by atoms with E-state index in [1.165, 1.54) is 43.0 Å². The molecule has 1 aromatic rings. The summed E-state index contributed by atoms with van der Waals surface area (Å²) in [5.41, 5.74) is 6.29. The number of fused-ring (bicyclic) bond motifs is 2. The third-order valence-corrected chi connectivity index (χ3v) is 6.08. The lowest BCUT2D eigenvalue weighted by Gasteiger charge is -2.20. The minimum absolute atomic E-state index is 0.0590. The van der Waals surface area contributed by atoms with E-state index < -0.39 is 0 Å². The SMILES string of the molecule is Cc1ccc(SCC(=O)NNC(=O)C[C@H]2C[C@H]3CC[C@H]2C3)cc1. The Morgan fingerprint density at radius 1 is 1.09 bits per heavy atom. The molecule has 3 atom stereocenters. The molecular weight excluding hydrogens is 308 g/mol. The molecule has 0 heterocycles. The van der Waals surface area contributed by atoms with Crippen molar-refractivity contribution in [3.63, 3.8) is 0 Å². The minimum atomic E-state index is -0.170. The van der Waals surface area contributed by atoms with Crippen molar-refractivity contribution in [2.24, 2.45) is 17.8 Å². The average molecular weight is 332 g/mol. The van der Waals surface area contributed by atoms with Gasteiger partial charge >= 0.3 is 0 Å². The van der Waals surface area contributed by atoms with Crippen LogP contribution in [-0.2, 0) is 9.59 Å². The number of aryl methyl sites for hydroxylation is 1. The van der Waals surface area contributed by atoms with Crippen LogP contribution in [0, 0.1) is 24.7 Å². The zero-order valence-electron chi connectivity index (χ0n) is 13.5. The molecule has 2 aliphatic carbocycles. The van der Waals surface area contributed by atoms with Crippen LogP contribution in [0.25, 0.3) is 0 Å². The highest BCUT2D eigenvalue weighted by atomic mass is 32.2. The fourth-order valence-electron chi connectivity index (χ4n) is 3.87. The Labute approximate surface area is 141 Å². The molecule has 2 fully saturated rings. The normalized spacial score (nSPS) is 25.3. The van der Waals surface area contributed by atoms with E-state index >= 15 is 0 Å². The highest BCUT2D eigenvalue weighted by Gasteiger charge is 2.40. The van der Waals surface area contributed by atoms with Crippen LogP contribution in [0.5, 0.6) is 0 Å². The summed E-state index contributed by atoms with van der Waals surface area (Å²) in [6, 6.07) is 8.05. The first-order valence-corrected chi connectivity index (χ1v) is 9.36. The highest BCUT2D eigenvalue weighted by molar-refractivity contribution is 8.00. The Balaban J connectivity index is 1.34. The summed E-state index contributed by atoms with van der Waals surface area (Å²) in [4.78, 5) is 24.8. The van der Waals surface area contributed by atoms with Crippen molar-refractivity contribution in [1.29, 1.82) is 0 Å². The van der Waals surface area contributed by atoms with Gasteiger partial charge in [-0.25, -0.2) is 0 Å². The maximum absolute atomic E-state index is 12.0. The zero-order valence-corrected chi connectivity index (χ0v) is 14.3. The van der Waals surface area contributed by atoms with Crippen molar-refractivity contribution < 1.29 is 9.59 Å². The lowest BCUT2D eigenvalue weighted by molar-refractivity contribution is -0.128. The molecule has 0 aliphatic heterocycles. The van der Waals surface area contributed by atoms with Gasteiger partial charge in [0.25, 0.3) is 0 Å². The third-order valence-electron chi connectivity index (χ3n) is 5.06. The largest absolute Gasteiger partial charge is 0.273 e. The molecule has 5 heteroatoms. The van der Waals surface area contributed by atoms with Crippen LogP contribution in [-0.4, -0.2) is 17.6 Å². The molecule has 0 unspecified atom stereocenters. The number of nitrogens with one attached hydrogen (secondary N) is 2. The van der Waals surface area contributed by atoms with Gasteiger partial charge in [-0.2, -0.15) is 0 Å². The van der Waals surface area contributed by atoms with Crippen LogP contribution >= 0.6 is 11.8 Å². The van der Waals surface area contributed by atoms with E-state index in [0.717, 1.165) is 16.7 Å². The van der Waals surface area contributed by atoms with Gasteiger partial charge in [0.2, 0.25) is 11.8 Å². The van der Waals surface area contributed by atoms with Gasteiger partial charge in [-0.05, 0) is 56.1 Å². The Morgan fingerprint density at radius 2 is 1.83 bits per heavy atom. The molecule has 4 nitrogen and oxygen atoms in total. The number of hydrogen-bond acceptors (Lipinski definition) is 3. The van der Waals surface area contributed by atoms with E-state index in [9.17, 15) is 9.59 Å². The molecular formula is C18H24N2O2S. The number of hydrazine groups is 1. The first-order valence-electron chi connectivity index (χ1n) is 8.37. The molecule has 0 spiro atoms. The van der Waals surface area contributed by atoms with Crippen molar-refractivity contribution >= 4 is 23.6 Å². The van der Waals surface area contributed by atoms with Crippen molar-refractivity contribution in [2.45, 2.75) is 43.9 Å². The number of thioether (sulfide) groups is 1. The maximum atomic E-state index is 12.0. The molecule has 2 N–H and O–H groups in total. The van der Waals surface area contributed by atoms with E-state index in [2.05, 4.69) is 10.9 Å². The molecule has 2 saturated carbocycles. The molecule has 1 aromatic carbocycles. The standard InChI is InChI=1S/C18H24N2O2S/c1-12-2-6-16(7-3-12)23-11-18(22)20-19-17(21)10-15-9-13-4-5-14(15)8-13/h2-3,6-7,13-15H,4-5,8-11H2,1H3,(H,19,21)(H,20,22)/t13-,14-,15+/m0/s1. The van der Waals surface area contributed by atoms with Crippen LogP contribution in [0.2, 0.25) is 0 Å². The van der Waals surface area contributed by atoms with Gasteiger partial charge in [0, 0.05) is 11.3 Å². The van der Waals surface area contributed by atoms with Crippen molar-refractivity contribution in [1.82, 2.24) is 10.9 Å². The van der Waals surface area contributed by atoms with Gasteiger partial charge in [-0.3, -0.25) is 20.4 Å². The predicted octanol–water partition coefficient (Wildman–Crippen LogP) is 3.06. The zero-order chi connectivity index (χ0) is 16.2. The second-order valence-electron chi connectivity index (χ2n) is 6.84. The van der Waals surface area contributed by atoms with E-state index in [-0.39, 0.29) is 11.8 Å². The van der Waals surface area contributed by atoms with E-state index in [4.69, 9.17) is 0 Å². The monoisotopic (exact) mass is 332 g/mol. The Bertz CT molecular complexity index is 573. The van der Waals surface area contributed by atoms with Crippen molar-refractivity contribution in [3.8, 4) is 0 Å². The van der Waals surface area contributed by atoms with Crippen LogP contribution in [0.1, 0.15) is 37.7 Å². The van der Waals surface area contributed by atoms with Gasteiger partial charge in [0.05, 0.1) is 5.75 Å². The van der Waals surface area contributed by atoms with Gasteiger partial charge in [-0.1, -0.05) is 24.1 Å². The molecule has 2 amide bonds. The summed E-state index contributed by atoms with van der Waals surface area (Å²) in [5, 5.41) is 0. The van der Waals surface area contributed by atoms with Gasteiger partial charge < -0.3 is 0 Å². The van der Waals surface area contributed by atoms with E-state index in [1.807, 2.05) is 31.2 Å². The first kappa shape index (κ1) is 16.4. The van der Waals surface area contributed by atoms with Crippen LogP contribution in [0.15, 0.2) is 29.2 Å². The quantitative estimate of drug-likeness (QED) is 0.643. The second-order valence-corrected chi connectivity index (χ2v) is 7.89. The molecule has 3 rings (SSSR count). The molecule has 0 aromatic heterocycles. The van der Waals surface area contributed by atoms with Gasteiger partial charge in [-0.15, -0.1) is 11.8 Å². The summed E-state index contributed by atoms with van der Waals surface area (Å²) in [7, 11) is 0. The summed E-state index contributed by atoms with van der Waals surface area (Å²) in [6.45, 7) is 2.03.